The van der Waals surface area contributed by atoms with Crippen LogP contribution in [0.25, 0.3) is 0 Å². The van der Waals surface area contributed by atoms with Crippen molar-refractivity contribution in [3.05, 3.63) is 0 Å². The van der Waals surface area contributed by atoms with Crippen molar-refractivity contribution in [2.45, 2.75) is 168 Å². The second-order valence-electron chi connectivity index (χ2n) is 9.72. The van der Waals surface area contributed by atoms with Crippen LogP contribution in [-0.4, -0.2) is 24.3 Å². The van der Waals surface area contributed by atoms with Crippen LogP contribution in [0.4, 0.5) is 0 Å². The van der Waals surface area contributed by atoms with E-state index in [1.165, 1.54) is 141 Å². The first-order chi connectivity index (χ1) is 14.8. The molecule has 1 unspecified atom stereocenters. The number of hydrogen-bond acceptors (Lipinski definition) is 2. The molecule has 0 fully saturated rings. The molecule has 30 heavy (non-hydrogen) atoms. The molecule has 2 N–H and O–H groups in total. The fourth-order valence-corrected chi connectivity index (χ4v) is 4.33. The molecule has 0 aromatic carbocycles. The lowest BCUT2D eigenvalue weighted by atomic mass is 10.0. The summed E-state index contributed by atoms with van der Waals surface area (Å²) >= 11 is 0. The minimum atomic E-state index is -0.141. The van der Waals surface area contributed by atoms with E-state index in [9.17, 15) is 5.11 Å². The SMILES string of the molecule is CCCCCCCCCCCCCCCCCCNCC(O)CCCCCCCC. The van der Waals surface area contributed by atoms with Gasteiger partial charge in [0.15, 0.2) is 0 Å². The molecule has 0 aromatic heterocycles. The van der Waals surface area contributed by atoms with Crippen LogP contribution in [0.3, 0.4) is 0 Å². The predicted molar refractivity (Wildman–Crippen MR) is 136 cm³/mol. The van der Waals surface area contributed by atoms with Crippen LogP contribution in [0.1, 0.15) is 162 Å². The topological polar surface area (TPSA) is 32.3 Å². The van der Waals surface area contributed by atoms with Gasteiger partial charge in [-0.2, -0.15) is 0 Å². The molecule has 0 heterocycles. The zero-order chi connectivity index (χ0) is 22.0. The number of unbranched alkanes of at least 4 members (excludes halogenated alkanes) is 20. The average molecular weight is 426 g/mol. The normalized spacial score (nSPS) is 12.5. The quantitative estimate of drug-likeness (QED) is 0.135. The fraction of sp³-hybridized carbons (Fsp3) is 1.00. The van der Waals surface area contributed by atoms with Gasteiger partial charge in [-0.05, 0) is 19.4 Å². The van der Waals surface area contributed by atoms with Gasteiger partial charge in [-0.25, -0.2) is 0 Å². The molecule has 2 nitrogen and oxygen atoms in total. The van der Waals surface area contributed by atoms with Gasteiger partial charge in [0.1, 0.15) is 0 Å². The Hall–Kier alpha value is -0.0800. The van der Waals surface area contributed by atoms with Gasteiger partial charge in [0.2, 0.25) is 0 Å². The Morgan fingerprint density at radius 1 is 0.467 bits per heavy atom. The molecular formula is C28H59NO. The standard InChI is InChI=1S/C28H59NO/c1-3-5-7-9-11-12-13-14-15-16-17-18-19-20-22-24-26-29-27-28(30)25-23-21-10-8-6-4-2/h28-30H,3-27H2,1-2H3. The third-order valence-electron chi connectivity index (χ3n) is 6.48. The van der Waals surface area contributed by atoms with Crippen molar-refractivity contribution in [2.75, 3.05) is 13.1 Å². The number of aliphatic hydroxyl groups is 1. The molecule has 0 saturated carbocycles. The van der Waals surface area contributed by atoms with Crippen LogP contribution in [0.15, 0.2) is 0 Å². The van der Waals surface area contributed by atoms with E-state index in [1.54, 1.807) is 0 Å². The van der Waals surface area contributed by atoms with E-state index >= 15 is 0 Å². The fourth-order valence-electron chi connectivity index (χ4n) is 4.33. The Balaban J connectivity index is 3.09. The highest BCUT2D eigenvalue weighted by Crippen LogP contribution is 2.13. The second kappa shape index (κ2) is 27.0. The minimum absolute atomic E-state index is 0.141. The van der Waals surface area contributed by atoms with Gasteiger partial charge in [-0.3, -0.25) is 0 Å². The van der Waals surface area contributed by atoms with Gasteiger partial charge in [-0.15, -0.1) is 0 Å². The van der Waals surface area contributed by atoms with Crippen LogP contribution in [0.2, 0.25) is 0 Å². The molecule has 0 spiro atoms. The highest BCUT2D eigenvalue weighted by molar-refractivity contribution is 4.60. The largest absolute Gasteiger partial charge is 0.392 e. The molecule has 0 radical (unpaired) electrons. The Bertz CT molecular complexity index is 294. The third-order valence-corrected chi connectivity index (χ3v) is 6.48. The van der Waals surface area contributed by atoms with E-state index in [1.807, 2.05) is 0 Å². The van der Waals surface area contributed by atoms with E-state index in [2.05, 4.69) is 19.2 Å². The Morgan fingerprint density at radius 2 is 0.800 bits per heavy atom. The molecule has 0 aliphatic carbocycles. The smallest absolute Gasteiger partial charge is 0.0664 e. The lowest BCUT2D eigenvalue weighted by molar-refractivity contribution is 0.158. The van der Waals surface area contributed by atoms with E-state index in [0.717, 1.165) is 19.5 Å². The summed E-state index contributed by atoms with van der Waals surface area (Å²) in [5.41, 5.74) is 0. The maximum atomic E-state index is 10.0. The van der Waals surface area contributed by atoms with Crippen molar-refractivity contribution in [2.24, 2.45) is 0 Å². The van der Waals surface area contributed by atoms with Crippen LogP contribution in [-0.2, 0) is 0 Å². The first kappa shape index (κ1) is 29.9. The monoisotopic (exact) mass is 425 g/mol. The summed E-state index contributed by atoms with van der Waals surface area (Å²) in [6.07, 6.45) is 31.4. The van der Waals surface area contributed by atoms with E-state index < -0.39 is 0 Å². The maximum absolute atomic E-state index is 10.0. The molecule has 0 saturated heterocycles. The summed E-state index contributed by atoms with van der Waals surface area (Å²) in [6, 6.07) is 0. The van der Waals surface area contributed by atoms with Crippen LogP contribution < -0.4 is 5.32 Å². The number of aliphatic hydroxyl groups excluding tert-OH is 1. The zero-order valence-corrected chi connectivity index (χ0v) is 21.2. The van der Waals surface area contributed by atoms with Crippen LogP contribution in [0, 0.1) is 0 Å². The predicted octanol–water partition coefficient (Wildman–Crippen LogP) is 8.95. The summed E-state index contributed by atoms with van der Waals surface area (Å²) < 4.78 is 0. The van der Waals surface area contributed by atoms with Crippen molar-refractivity contribution in [1.29, 1.82) is 0 Å². The number of nitrogens with one attached hydrogen (secondary N) is 1. The van der Waals surface area contributed by atoms with Crippen LogP contribution >= 0.6 is 0 Å². The Morgan fingerprint density at radius 3 is 1.20 bits per heavy atom. The third kappa shape index (κ3) is 26.0. The minimum Gasteiger partial charge on any atom is -0.392 e. The first-order valence-electron chi connectivity index (χ1n) is 14.2. The molecule has 0 aliphatic rings. The molecule has 0 rings (SSSR count). The summed E-state index contributed by atoms with van der Waals surface area (Å²) in [5, 5.41) is 13.5. The van der Waals surface area contributed by atoms with Crippen LogP contribution in [0.5, 0.6) is 0 Å². The zero-order valence-electron chi connectivity index (χ0n) is 21.2. The molecule has 182 valence electrons. The first-order valence-corrected chi connectivity index (χ1v) is 14.2. The van der Waals surface area contributed by atoms with Crippen molar-refractivity contribution in [3.63, 3.8) is 0 Å². The van der Waals surface area contributed by atoms with Crippen molar-refractivity contribution < 1.29 is 5.11 Å². The summed E-state index contributed by atoms with van der Waals surface area (Å²) in [4.78, 5) is 0. The Kier molecular flexibility index (Phi) is 26.9. The molecule has 0 aliphatic heterocycles. The van der Waals surface area contributed by atoms with Crippen molar-refractivity contribution in [3.8, 4) is 0 Å². The molecule has 0 amide bonds. The highest BCUT2D eigenvalue weighted by atomic mass is 16.3. The van der Waals surface area contributed by atoms with Gasteiger partial charge in [0.25, 0.3) is 0 Å². The van der Waals surface area contributed by atoms with E-state index in [-0.39, 0.29) is 6.10 Å². The van der Waals surface area contributed by atoms with Crippen molar-refractivity contribution in [1.82, 2.24) is 5.32 Å². The second-order valence-corrected chi connectivity index (χ2v) is 9.72. The molecular weight excluding hydrogens is 366 g/mol. The average Bonchev–Trinajstić information content (AvgIpc) is 2.75. The highest BCUT2D eigenvalue weighted by Gasteiger charge is 2.03. The summed E-state index contributed by atoms with van der Waals surface area (Å²) in [5.74, 6) is 0. The molecule has 2 heteroatoms. The number of hydrogen-bond donors (Lipinski definition) is 2. The van der Waals surface area contributed by atoms with Crippen molar-refractivity contribution >= 4 is 0 Å². The Labute approximate surface area is 191 Å². The molecule has 1 atom stereocenters. The van der Waals surface area contributed by atoms with Gasteiger partial charge in [-0.1, -0.05) is 149 Å². The lowest BCUT2D eigenvalue weighted by Crippen LogP contribution is -2.27. The maximum Gasteiger partial charge on any atom is 0.0664 e. The molecule has 0 bridgehead atoms. The van der Waals surface area contributed by atoms with Gasteiger partial charge < -0.3 is 10.4 Å². The van der Waals surface area contributed by atoms with E-state index in [4.69, 9.17) is 0 Å². The number of rotatable bonds is 26. The van der Waals surface area contributed by atoms with E-state index in [0.29, 0.717) is 0 Å². The van der Waals surface area contributed by atoms with Gasteiger partial charge in [0, 0.05) is 6.54 Å². The van der Waals surface area contributed by atoms with Gasteiger partial charge >= 0.3 is 0 Å². The molecule has 0 aromatic rings. The lowest BCUT2D eigenvalue weighted by Gasteiger charge is -2.11. The summed E-state index contributed by atoms with van der Waals surface area (Å²) in [6.45, 7) is 6.41. The van der Waals surface area contributed by atoms with Gasteiger partial charge in [0.05, 0.1) is 6.10 Å². The summed E-state index contributed by atoms with van der Waals surface area (Å²) in [7, 11) is 0.